The second kappa shape index (κ2) is 5.09. The van der Waals surface area contributed by atoms with Crippen molar-refractivity contribution in [2.24, 2.45) is 5.92 Å². The molecular formula is C10H12N2O3. The lowest BCUT2D eigenvalue weighted by Gasteiger charge is -2.06. The molecule has 5 heteroatoms. The average Bonchev–Trinajstić information content (AvgIpc) is 2.18. The predicted molar refractivity (Wildman–Crippen MR) is 54.3 cm³/mol. The molecule has 0 aromatic carbocycles. The van der Waals surface area contributed by atoms with E-state index in [1.165, 1.54) is 13.1 Å². The fraction of sp³-hybridized carbons (Fsp3) is 0.300. The van der Waals surface area contributed by atoms with Crippen molar-refractivity contribution in [2.75, 3.05) is 5.32 Å². The van der Waals surface area contributed by atoms with E-state index in [0.29, 0.717) is 5.69 Å². The minimum atomic E-state index is -0.976. The second-order valence-electron chi connectivity index (χ2n) is 3.23. The largest absolute Gasteiger partial charge is 0.481 e. The quantitative estimate of drug-likeness (QED) is 0.777. The molecule has 0 aliphatic rings. The van der Waals surface area contributed by atoms with Crippen LogP contribution in [0, 0.1) is 5.92 Å². The lowest BCUT2D eigenvalue weighted by molar-refractivity contribution is -0.142. The number of aliphatic carboxylic acids is 1. The Kier molecular flexibility index (Phi) is 3.79. The van der Waals surface area contributed by atoms with E-state index in [4.69, 9.17) is 5.11 Å². The van der Waals surface area contributed by atoms with Gasteiger partial charge in [0.2, 0.25) is 5.91 Å². The summed E-state index contributed by atoms with van der Waals surface area (Å²) in [6, 6.07) is 3.38. The molecule has 0 aliphatic heterocycles. The van der Waals surface area contributed by atoms with Gasteiger partial charge in [0.05, 0.1) is 17.8 Å². The van der Waals surface area contributed by atoms with E-state index in [2.05, 4.69) is 10.3 Å². The van der Waals surface area contributed by atoms with Gasteiger partial charge in [-0.1, -0.05) is 6.92 Å². The van der Waals surface area contributed by atoms with Crippen molar-refractivity contribution < 1.29 is 14.7 Å². The molecule has 1 atom stereocenters. The summed E-state index contributed by atoms with van der Waals surface area (Å²) in [7, 11) is 0. The molecule has 1 unspecified atom stereocenters. The van der Waals surface area contributed by atoms with Gasteiger partial charge in [-0.05, 0) is 12.1 Å². The topological polar surface area (TPSA) is 79.3 Å². The zero-order valence-corrected chi connectivity index (χ0v) is 8.30. The summed E-state index contributed by atoms with van der Waals surface area (Å²) in [6.45, 7) is 1.49. The Bertz CT molecular complexity index is 351. The number of anilines is 1. The summed E-state index contributed by atoms with van der Waals surface area (Å²) in [6.07, 6.45) is 3.06. The number of amides is 1. The lowest BCUT2D eigenvalue weighted by atomic mass is 10.1. The maximum Gasteiger partial charge on any atom is 0.306 e. The van der Waals surface area contributed by atoms with Crippen LogP contribution in [-0.4, -0.2) is 22.0 Å². The molecule has 5 nitrogen and oxygen atoms in total. The van der Waals surface area contributed by atoms with Crippen LogP contribution in [0.25, 0.3) is 0 Å². The SMILES string of the molecule is CC(CC(=O)Nc1cccnc1)C(=O)O. The van der Waals surface area contributed by atoms with Gasteiger partial charge in [-0.15, -0.1) is 0 Å². The van der Waals surface area contributed by atoms with Crippen LogP contribution in [0.2, 0.25) is 0 Å². The third kappa shape index (κ3) is 3.76. The van der Waals surface area contributed by atoms with E-state index in [1.54, 1.807) is 18.3 Å². The second-order valence-corrected chi connectivity index (χ2v) is 3.23. The van der Waals surface area contributed by atoms with Gasteiger partial charge in [0.25, 0.3) is 0 Å². The van der Waals surface area contributed by atoms with Gasteiger partial charge in [0, 0.05) is 12.6 Å². The number of hydrogen-bond acceptors (Lipinski definition) is 3. The van der Waals surface area contributed by atoms with Gasteiger partial charge in [0.1, 0.15) is 0 Å². The molecule has 0 spiro atoms. The molecule has 0 saturated carbocycles. The van der Waals surface area contributed by atoms with Crippen molar-refractivity contribution in [1.29, 1.82) is 0 Å². The number of aromatic nitrogens is 1. The van der Waals surface area contributed by atoms with Crippen molar-refractivity contribution in [1.82, 2.24) is 4.98 Å². The molecule has 1 aromatic rings. The number of carbonyl (C=O) groups is 2. The van der Waals surface area contributed by atoms with Gasteiger partial charge >= 0.3 is 5.97 Å². The molecule has 15 heavy (non-hydrogen) atoms. The maximum atomic E-state index is 11.3. The fourth-order valence-electron chi connectivity index (χ4n) is 1.01. The molecule has 0 fully saturated rings. The van der Waals surface area contributed by atoms with Crippen LogP contribution in [0.4, 0.5) is 5.69 Å². The maximum absolute atomic E-state index is 11.3. The van der Waals surface area contributed by atoms with Crippen molar-refractivity contribution in [3.05, 3.63) is 24.5 Å². The summed E-state index contributed by atoms with van der Waals surface area (Å²) in [5.74, 6) is -1.98. The summed E-state index contributed by atoms with van der Waals surface area (Å²) >= 11 is 0. The number of nitrogens with one attached hydrogen (secondary N) is 1. The average molecular weight is 208 g/mol. The molecular weight excluding hydrogens is 196 g/mol. The highest BCUT2D eigenvalue weighted by atomic mass is 16.4. The Labute approximate surface area is 87.1 Å². The lowest BCUT2D eigenvalue weighted by Crippen LogP contribution is -2.19. The van der Waals surface area contributed by atoms with E-state index in [1.807, 2.05) is 0 Å². The third-order valence-corrected chi connectivity index (χ3v) is 1.86. The minimum absolute atomic E-state index is 0.0375. The standard InChI is InChI=1S/C10H12N2O3/c1-7(10(14)15)5-9(13)12-8-3-2-4-11-6-8/h2-4,6-7H,5H2,1H3,(H,12,13)(H,14,15). The first-order chi connectivity index (χ1) is 7.09. The Morgan fingerprint density at radius 3 is 2.87 bits per heavy atom. The Balaban J connectivity index is 2.47. The Hall–Kier alpha value is -1.91. The van der Waals surface area contributed by atoms with Crippen molar-refractivity contribution in [3.8, 4) is 0 Å². The molecule has 1 heterocycles. The van der Waals surface area contributed by atoms with Crippen LogP contribution in [0.15, 0.2) is 24.5 Å². The number of carboxylic acid groups (broad SMARTS) is 1. The van der Waals surface area contributed by atoms with Gasteiger partial charge in [-0.2, -0.15) is 0 Å². The zero-order chi connectivity index (χ0) is 11.3. The first-order valence-corrected chi connectivity index (χ1v) is 4.52. The summed E-state index contributed by atoms with van der Waals surface area (Å²) < 4.78 is 0. The van der Waals surface area contributed by atoms with Crippen LogP contribution in [0.3, 0.4) is 0 Å². The minimum Gasteiger partial charge on any atom is -0.481 e. The first kappa shape index (κ1) is 11.2. The highest BCUT2D eigenvalue weighted by molar-refractivity contribution is 5.92. The van der Waals surface area contributed by atoms with Crippen LogP contribution in [0.5, 0.6) is 0 Å². The fourth-order valence-corrected chi connectivity index (χ4v) is 1.01. The van der Waals surface area contributed by atoms with Crippen LogP contribution in [0.1, 0.15) is 13.3 Å². The molecule has 1 amide bonds. The van der Waals surface area contributed by atoms with E-state index in [0.717, 1.165) is 0 Å². The number of carboxylic acids is 1. The molecule has 1 aromatic heterocycles. The van der Waals surface area contributed by atoms with E-state index >= 15 is 0 Å². The highest BCUT2D eigenvalue weighted by Gasteiger charge is 2.15. The molecule has 0 aliphatic carbocycles. The molecule has 80 valence electrons. The summed E-state index contributed by atoms with van der Waals surface area (Å²) in [5.41, 5.74) is 0.570. The number of pyridine rings is 1. The number of hydrogen-bond donors (Lipinski definition) is 2. The Morgan fingerprint density at radius 1 is 1.60 bits per heavy atom. The number of carbonyl (C=O) groups excluding carboxylic acids is 1. The molecule has 0 bridgehead atoms. The number of nitrogens with zero attached hydrogens (tertiary/aromatic N) is 1. The van der Waals surface area contributed by atoms with E-state index in [9.17, 15) is 9.59 Å². The number of rotatable bonds is 4. The monoisotopic (exact) mass is 208 g/mol. The molecule has 2 N–H and O–H groups in total. The summed E-state index contributed by atoms with van der Waals surface area (Å²) in [5, 5.41) is 11.2. The van der Waals surface area contributed by atoms with Crippen molar-refractivity contribution >= 4 is 17.6 Å². The first-order valence-electron chi connectivity index (χ1n) is 4.52. The summed E-state index contributed by atoms with van der Waals surface area (Å²) in [4.78, 5) is 25.6. The van der Waals surface area contributed by atoms with Crippen LogP contribution < -0.4 is 5.32 Å². The van der Waals surface area contributed by atoms with Crippen molar-refractivity contribution in [2.45, 2.75) is 13.3 Å². The smallest absolute Gasteiger partial charge is 0.306 e. The van der Waals surface area contributed by atoms with Crippen LogP contribution in [-0.2, 0) is 9.59 Å². The van der Waals surface area contributed by atoms with Gasteiger partial charge < -0.3 is 10.4 Å². The molecule has 1 rings (SSSR count). The van der Waals surface area contributed by atoms with Gasteiger partial charge in [-0.3, -0.25) is 14.6 Å². The highest BCUT2D eigenvalue weighted by Crippen LogP contribution is 2.07. The van der Waals surface area contributed by atoms with E-state index < -0.39 is 11.9 Å². The van der Waals surface area contributed by atoms with Gasteiger partial charge in [-0.25, -0.2) is 0 Å². The van der Waals surface area contributed by atoms with Crippen LogP contribution >= 0.6 is 0 Å². The van der Waals surface area contributed by atoms with Gasteiger partial charge in [0.15, 0.2) is 0 Å². The Morgan fingerprint density at radius 2 is 2.33 bits per heavy atom. The van der Waals surface area contributed by atoms with Crippen molar-refractivity contribution in [3.63, 3.8) is 0 Å². The third-order valence-electron chi connectivity index (χ3n) is 1.86. The molecule has 0 saturated heterocycles. The van der Waals surface area contributed by atoms with E-state index in [-0.39, 0.29) is 12.3 Å². The molecule has 0 radical (unpaired) electrons. The predicted octanol–water partition coefficient (Wildman–Crippen LogP) is 1.13. The normalized spacial score (nSPS) is 11.8. The zero-order valence-electron chi connectivity index (χ0n) is 8.30.